The molecule has 2 aromatic rings. The number of nitrogens with zero attached hydrogens (tertiary/aromatic N) is 5. The average molecular weight is 562 g/mol. The van der Waals surface area contributed by atoms with Crippen molar-refractivity contribution in [3.63, 3.8) is 0 Å². The van der Waals surface area contributed by atoms with E-state index >= 15 is 0 Å². The molecule has 0 N–H and O–H groups in total. The zero-order chi connectivity index (χ0) is 27.5. The lowest BCUT2D eigenvalue weighted by Crippen LogP contribution is -2.48. The third-order valence-electron chi connectivity index (χ3n) is 9.30. The molecule has 3 fully saturated rings. The highest BCUT2D eigenvalue weighted by atomic mass is 35.5. The summed E-state index contributed by atoms with van der Waals surface area (Å²) in [6.45, 7) is 3.51. The molecule has 0 radical (unpaired) electrons. The van der Waals surface area contributed by atoms with Crippen LogP contribution >= 0.6 is 11.6 Å². The van der Waals surface area contributed by atoms with E-state index in [9.17, 15) is 18.4 Å². The molecule has 3 atom stereocenters. The fourth-order valence-electron chi connectivity index (χ4n) is 6.88. The number of ether oxygens (including phenoxy) is 1. The second kappa shape index (κ2) is 10.0. The normalized spacial score (nSPS) is 25.6. The lowest BCUT2D eigenvalue weighted by Gasteiger charge is -2.42. The average Bonchev–Trinajstić information content (AvgIpc) is 3.18. The van der Waals surface area contributed by atoms with E-state index in [0.717, 1.165) is 47.9 Å². The predicted octanol–water partition coefficient (Wildman–Crippen LogP) is 4.86. The van der Waals surface area contributed by atoms with Crippen LogP contribution < -0.4 is 4.74 Å². The van der Waals surface area contributed by atoms with Gasteiger partial charge in [-0.1, -0.05) is 30.2 Å². The first-order valence-electron chi connectivity index (χ1n) is 13.9. The minimum absolute atomic E-state index is 0.0464. The number of likely N-dealkylation sites (tertiary alicyclic amines) is 1. The summed E-state index contributed by atoms with van der Waals surface area (Å²) in [6.07, 6.45) is 3.42. The molecule has 0 bridgehead atoms. The summed E-state index contributed by atoms with van der Waals surface area (Å²) in [4.78, 5) is 30.8. The topological polar surface area (TPSA) is 80.6 Å². The second-order valence-electron chi connectivity index (χ2n) is 11.8. The van der Waals surface area contributed by atoms with Crippen LogP contribution in [0.2, 0.25) is 5.02 Å². The van der Waals surface area contributed by atoms with Crippen molar-refractivity contribution in [2.75, 3.05) is 19.6 Å². The Morgan fingerprint density at radius 1 is 1.28 bits per heavy atom. The van der Waals surface area contributed by atoms with Crippen molar-refractivity contribution >= 4 is 23.4 Å². The Kier molecular flexibility index (Phi) is 6.80. The van der Waals surface area contributed by atoms with Crippen molar-refractivity contribution in [3.05, 3.63) is 39.7 Å². The largest absolute Gasteiger partial charge is 0.487 e. The third kappa shape index (κ3) is 4.78. The molecule has 1 spiro atoms. The van der Waals surface area contributed by atoms with Crippen LogP contribution in [0.1, 0.15) is 80.4 Å². The number of aryl methyl sites for hydroxylation is 1. The number of aromatic nitrogens is 3. The molecular weight excluding hydrogens is 528 g/mol. The summed E-state index contributed by atoms with van der Waals surface area (Å²) >= 11 is 6.68. The van der Waals surface area contributed by atoms with Gasteiger partial charge in [0.15, 0.2) is 0 Å². The monoisotopic (exact) mass is 561 g/mol. The highest BCUT2D eigenvalue weighted by Crippen LogP contribution is 2.54. The maximum Gasteiger partial charge on any atom is 0.282 e. The van der Waals surface area contributed by atoms with Crippen molar-refractivity contribution in [3.8, 4) is 5.75 Å². The van der Waals surface area contributed by atoms with Crippen molar-refractivity contribution in [2.24, 2.45) is 24.3 Å². The van der Waals surface area contributed by atoms with Crippen molar-refractivity contribution in [2.45, 2.75) is 70.9 Å². The maximum atomic E-state index is 14.0. The molecule has 210 valence electrons. The molecule has 0 unspecified atom stereocenters. The number of rotatable bonds is 7. The van der Waals surface area contributed by atoms with Gasteiger partial charge in [0.2, 0.25) is 11.8 Å². The zero-order valence-electron chi connectivity index (χ0n) is 22.3. The van der Waals surface area contributed by atoms with E-state index in [1.807, 2.05) is 9.80 Å². The van der Waals surface area contributed by atoms with E-state index in [1.165, 1.54) is 7.05 Å². The van der Waals surface area contributed by atoms with Crippen LogP contribution in [-0.2, 0) is 29.7 Å². The Morgan fingerprint density at radius 2 is 2.08 bits per heavy atom. The second-order valence-corrected chi connectivity index (χ2v) is 12.2. The van der Waals surface area contributed by atoms with Crippen molar-refractivity contribution < 1.29 is 23.1 Å². The number of fused-ring (bicyclic) bond motifs is 1. The van der Waals surface area contributed by atoms with Gasteiger partial charge in [0.05, 0.1) is 6.04 Å². The van der Waals surface area contributed by atoms with Crippen LogP contribution in [0.25, 0.3) is 0 Å². The number of hydrogen-bond acceptors (Lipinski definition) is 5. The van der Waals surface area contributed by atoms with Gasteiger partial charge in [-0.15, -0.1) is 5.10 Å². The van der Waals surface area contributed by atoms with Crippen LogP contribution in [-0.4, -0.2) is 56.2 Å². The molecule has 2 aliphatic heterocycles. The fraction of sp³-hybridized carbons (Fsp3) is 0.643. The van der Waals surface area contributed by atoms with E-state index in [-0.39, 0.29) is 41.1 Å². The Bertz CT molecular complexity index is 1300. The van der Waals surface area contributed by atoms with E-state index in [4.69, 9.17) is 16.3 Å². The Labute approximate surface area is 231 Å². The Morgan fingerprint density at radius 3 is 2.74 bits per heavy atom. The minimum Gasteiger partial charge on any atom is -0.487 e. The summed E-state index contributed by atoms with van der Waals surface area (Å²) in [5, 5.41) is 8.19. The number of benzene rings is 1. The molecule has 1 aromatic carbocycles. The standard InChI is InChI=1S/C28H34ClF2N5O3/c1-16-4-3-5-17(16)27(38)36-11-8-18-19(29)6-7-22(39-14-20-25(26(30)31)34(2)33-32-20)24(18)21(36)13-35-15-28(9-10-28)12-23(35)37/h6-7,16-17,21,26H,3-5,8-15H2,1-2H3/t16-,17+,21+/m0/s1. The van der Waals surface area contributed by atoms with Gasteiger partial charge < -0.3 is 14.5 Å². The van der Waals surface area contributed by atoms with Crippen LogP contribution in [0, 0.1) is 17.3 Å². The van der Waals surface area contributed by atoms with Crippen LogP contribution in [0.15, 0.2) is 12.1 Å². The van der Waals surface area contributed by atoms with Gasteiger partial charge in [0.1, 0.15) is 23.7 Å². The molecule has 1 saturated heterocycles. The van der Waals surface area contributed by atoms with E-state index in [0.29, 0.717) is 49.2 Å². The molecule has 39 heavy (non-hydrogen) atoms. The Balaban J connectivity index is 1.36. The SMILES string of the molecule is C[C@H]1CCC[C@H]1C(=O)N1CCc2c(Cl)ccc(OCc3nnn(C)c3C(F)F)c2[C@H]1CN1CC2(CC2)CC1=O. The summed E-state index contributed by atoms with van der Waals surface area (Å²) in [5.41, 5.74) is 1.50. The highest BCUT2D eigenvalue weighted by molar-refractivity contribution is 6.31. The molecule has 2 aliphatic carbocycles. The molecule has 8 nitrogen and oxygen atoms in total. The lowest BCUT2D eigenvalue weighted by molar-refractivity contribution is -0.141. The van der Waals surface area contributed by atoms with E-state index < -0.39 is 12.5 Å². The molecular formula is C28H34ClF2N5O3. The van der Waals surface area contributed by atoms with Crippen LogP contribution in [0.3, 0.4) is 0 Å². The first-order chi connectivity index (χ1) is 18.7. The molecule has 2 saturated carbocycles. The number of alkyl halides is 2. The van der Waals surface area contributed by atoms with Gasteiger partial charge in [-0.3, -0.25) is 9.59 Å². The van der Waals surface area contributed by atoms with E-state index in [1.54, 1.807) is 12.1 Å². The molecule has 2 amide bonds. The zero-order valence-corrected chi connectivity index (χ0v) is 23.1. The summed E-state index contributed by atoms with van der Waals surface area (Å²) in [7, 11) is 1.42. The lowest BCUT2D eigenvalue weighted by atomic mass is 9.88. The molecule has 1 aromatic heterocycles. The van der Waals surface area contributed by atoms with Crippen LogP contribution in [0.4, 0.5) is 8.78 Å². The minimum atomic E-state index is -2.74. The smallest absolute Gasteiger partial charge is 0.282 e. The number of carbonyl (C=O) groups is 2. The Hall–Kier alpha value is -2.75. The quantitative estimate of drug-likeness (QED) is 0.482. The molecule has 11 heteroatoms. The first kappa shape index (κ1) is 26.5. The van der Waals surface area contributed by atoms with Gasteiger partial charge in [-0.2, -0.15) is 0 Å². The number of amides is 2. The maximum absolute atomic E-state index is 14.0. The number of halogens is 3. The van der Waals surface area contributed by atoms with Gasteiger partial charge >= 0.3 is 0 Å². The predicted molar refractivity (Wildman–Crippen MR) is 139 cm³/mol. The van der Waals surface area contributed by atoms with Gasteiger partial charge in [0.25, 0.3) is 6.43 Å². The number of hydrogen-bond donors (Lipinski definition) is 0. The summed E-state index contributed by atoms with van der Waals surface area (Å²) in [6, 6.07) is 3.04. The van der Waals surface area contributed by atoms with Crippen molar-refractivity contribution in [1.82, 2.24) is 24.8 Å². The number of carbonyl (C=O) groups excluding carboxylic acids is 2. The third-order valence-corrected chi connectivity index (χ3v) is 9.66. The fourth-order valence-corrected chi connectivity index (χ4v) is 7.14. The summed E-state index contributed by atoms with van der Waals surface area (Å²) in [5.74, 6) is 0.960. The van der Waals surface area contributed by atoms with Gasteiger partial charge in [0, 0.05) is 49.6 Å². The van der Waals surface area contributed by atoms with Gasteiger partial charge in [-0.05, 0) is 61.1 Å². The molecule has 6 rings (SSSR count). The first-order valence-corrected chi connectivity index (χ1v) is 14.2. The molecule has 3 heterocycles. The van der Waals surface area contributed by atoms with Crippen LogP contribution in [0.5, 0.6) is 5.75 Å². The molecule has 4 aliphatic rings. The van der Waals surface area contributed by atoms with Crippen molar-refractivity contribution in [1.29, 1.82) is 0 Å². The van der Waals surface area contributed by atoms with Gasteiger partial charge in [-0.25, -0.2) is 13.5 Å². The summed E-state index contributed by atoms with van der Waals surface area (Å²) < 4.78 is 34.5. The van der Waals surface area contributed by atoms with E-state index in [2.05, 4.69) is 17.2 Å². The highest BCUT2D eigenvalue weighted by Gasteiger charge is 2.52.